The van der Waals surface area contributed by atoms with Gasteiger partial charge in [0.2, 0.25) is 0 Å². The molecule has 23 heavy (non-hydrogen) atoms. The maximum atomic E-state index is 13.1. The van der Waals surface area contributed by atoms with Gasteiger partial charge in [-0.2, -0.15) is 0 Å². The molecular formula is C17H25FN2O3. The molecule has 1 aromatic rings. The first-order valence-electron chi connectivity index (χ1n) is 7.81. The molecule has 1 atom stereocenters. The van der Waals surface area contributed by atoms with E-state index in [4.69, 9.17) is 4.74 Å². The van der Waals surface area contributed by atoms with E-state index >= 15 is 0 Å². The van der Waals surface area contributed by atoms with E-state index in [1.165, 1.54) is 12.1 Å². The van der Waals surface area contributed by atoms with Crippen LogP contribution < -0.4 is 0 Å². The summed E-state index contributed by atoms with van der Waals surface area (Å²) in [5.41, 5.74) is 0.540. The van der Waals surface area contributed by atoms with Crippen molar-refractivity contribution in [1.29, 1.82) is 0 Å². The van der Waals surface area contributed by atoms with Crippen molar-refractivity contribution in [2.45, 2.75) is 25.4 Å². The molecule has 1 aliphatic rings. The van der Waals surface area contributed by atoms with Crippen molar-refractivity contribution in [2.24, 2.45) is 0 Å². The molecule has 0 aromatic heterocycles. The molecule has 1 unspecified atom stereocenters. The van der Waals surface area contributed by atoms with Crippen LogP contribution in [0.4, 0.5) is 4.39 Å². The zero-order valence-corrected chi connectivity index (χ0v) is 14.0. The topological polar surface area (TPSA) is 53.0 Å². The molecule has 2 rings (SSSR count). The second-order valence-corrected chi connectivity index (χ2v) is 6.56. The minimum absolute atomic E-state index is 0.0740. The summed E-state index contributed by atoms with van der Waals surface area (Å²) in [5.74, 6) is -1.26. The van der Waals surface area contributed by atoms with E-state index in [0.29, 0.717) is 25.3 Å². The summed E-state index contributed by atoms with van der Waals surface area (Å²) in [5, 5.41) is 9.59. The summed E-state index contributed by atoms with van der Waals surface area (Å²) in [6, 6.07) is 4.99. The minimum atomic E-state index is -0.902. The minimum Gasteiger partial charge on any atom is -0.480 e. The number of nitrogens with zero attached hydrogens (tertiary/aromatic N) is 2. The summed E-state index contributed by atoms with van der Waals surface area (Å²) in [4.78, 5) is 16.0. The Bertz CT molecular complexity index is 525. The van der Waals surface area contributed by atoms with Gasteiger partial charge >= 0.3 is 5.97 Å². The number of rotatable bonds is 6. The van der Waals surface area contributed by atoms with Crippen molar-refractivity contribution in [2.75, 3.05) is 39.9 Å². The Hall–Kier alpha value is -1.50. The molecule has 1 aliphatic heterocycles. The van der Waals surface area contributed by atoms with Crippen LogP contribution in [0.1, 0.15) is 25.5 Å². The van der Waals surface area contributed by atoms with Crippen LogP contribution in [0.5, 0.6) is 0 Å². The van der Waals surface area contributed by atoms with Crippen LogP contribution in [0, 0.1) is 5.82 Å². The molecule has 1 aromatic carbocycles. The van der Waals surface area contributed by atoms with E-state index in [9.17, 15) is 14.3 Å². The Balaban J connectivity index is 2.07. The average Bonchev–Trinajstić information content (AvgIpc) is 2.50. The van der Waals surface area contributed by atoms with Crippen LogP contribution in [0.3, 0.4) is 0 Å². The monoisotopic (exact) mass is 324 g/mol. The fourth-order valence-corrected chi connectivity index (χ4v) is 3.18. The van der Waals surface area contributed by atoms with Crippen molar-refractivity contribution < 1.29 is 19.0 Å². The first-order chi connectivity index (χ1) is 10.8. The number of benzene rings is 1. The van der Waals surface area contributed by atoms with Gasteiger partial charge in [-0.05, 0) is 31.5 Å². The zero-order chi connectivity index (χ0) is 17.0. The molecule has 1 fully saturated rings. The van der Waals surface area contributed by atoms with Crippen LogP contribution in [0.15, 0.2) is 24.3 Å². The number of hydrogen-bond acceptors (Lipinski definition) is 4. The highest BCUT2D eigenvalue weighted by molar-refractivity contribution is 5.75. The van der Waals surface area contributed by atoms with Gasteiger partial charge in [0.25, 0.3) is 0 Å². The maximum absolute atomic E-state index is 13.1. The van der Waals surface area contributed by atoms with Crippen LogP contribution in [-0.4, -0.2) is 66.3 Å². The van der Waals surface area contributed by atoms with E-state index in [1.54, 1.807) is 19.2 Å². The molecule has 1 saturated heterocycles. The third kappa shape index (κ3) is 4.28. The number of piperazine rings is 1. The van der Waals surface area contributed by atoms with Gasteiger partial charge in [0.05, 0.1) is 6.61 Å². The zero-order valence-electron chi connectivity index (χ0n) is 14.0. The highest BCUT2D eigenvalue weighted by atomic mass is 19.1. The Morgan fingerprint density at radius 3 is 2.30 bits per heavy atom. The van der Waals surface area contributed by atoms with Gasteiger partial charge in [0.1, 0.15) is 11.9 Å². The lowest BCUT2D eigenvalue weighted by atomic mass is 10.0. The van der Waals surface area contributed by atoms with Crippen molar-refractivity contribution in [1.82, 2.24) is 9.80 Å². The Morgan fingerprint density at radius 2 is 1.83 bits per heavy atom. The summed E-state index contributed by atoms with van der Waals surface area (Å²) in [6.07, 6.45) is 0. The first-order valence-corrected chi connectivity index (χ1v) is 7.81. The third-order valence-electron chi connectivity index (χ3n) is 4.45. The summed E-state index contributed by atoms with van der Waals surface area (Å²) >= 11 is 0. The highest BCUT2D eigenvalue weighted by Crippen LogP contribution is 2.25. The van der Waals surface area contributed by atoms with Gasteiger partial charge in [-0.25, -0.2) is 4.39 Å². The summed E-state index contributed by atoms with van der Waals surface area (Å²) in [6.45, 7) is 7.75. The lowest BCUT2D eigenvalue weighted by molar-refractivity contribution is -0.144. The van der Waals surface area contributed by atoms with E-state index in [0.717, 1.165) is 13.1 Å². The van der Waals surface area contributed by atoms with E-state index in [2.05, 4.69) is 18.7 Å². The smallest absolute Gasteiger partial charge is 0.325 e. The van der Waals surface area contributed by atoms with Crippen LogP contribution in [-0.2, 0) is 9.53 Å². The maximum Gasteiger partial charge on any atom is 0.325 e. The number of halogens is 1. The average molecular weight is 324 g/mol. The standard InChI is InChI=1S/C17H25FN2O3/c1-17(2,12-23-3)20-10-8-19(9-11-20)15(16(21)22)13-4-6-14(18)7-5-13/h4-7,15H,8-12H2,1-3H3,(H,21,22). The molecular weight excluding hydrogens is 299 g/mol. The van der Waals surface area contributed by atoms with Crippen molar-refractivity contribution >= 4 is 5.97 Å². The largest absolute Gasteiger partial charge is 0.480 e. The van der Waals surface area contributed by atoms with Crippen LogP contribution in [0.2, 0.25) is 0 Å². The predicted molar refractivity (Wildman–Crippen MR) is 85.9 cm³/mol. The molecule has 0 aliphatic carbocycles. The fraction of sp³-hybridized carbons (Fsp3) is 0.588. The second kappa shape index (κ2) is 7.38. The first kappa shape index (κ1) is 17.8. The van der Waals surface area contributed by atoms with Gasteiger partial charge in [0, 0.05) is 38.8 Å². The van der Waals surface area contributed by atoms with Crippen molar-refractivity contribution in [3.63, 3.8) is 0 Å². The number of methoxy groups -OCH3 is 1. The molecule has 0 bridgehead atoms. The Labute approximate surface area is 136 Å². The van der Waals surface area contributed by atoms with Gasteiger partial charge in [0.15, 0.2) is 0 Å². The second-order valence-electron chi connectivity index (χ2n) is 6.56. The lowest BCUT2D eigenvalue weighted by Gasteiger charge is -2.45. The van der Waals surface area contributed by atoms with Crippen LogP contribution >= 0.6 is 0 Å². The normalized spacial score (nSPS) is 18.8. The van der Waals surface area contributed by atoms with Crippen molar-refractivity contribution in [3.8, 4) is 0 Å². The van der Waals surface area contributed by atoms with E-state index in [1.807, 2.05) is 4.90 Å². The molecule has 0 amide bonds. The molecule has 128 valence electrons. The quantitative estimate of drug-likeness (QED) is 0.867. The van der Waals surface area contributed by atoms with E-state index < -0.39 is 12.0 Å². The Kier molecular flexibility index (Phi) is 5.73. The van der Waals surface area contributed by atoms with Crippen molar-refractivity contribution in [3.05, 3.63) is 35.6 Å². The fourth-order valence-electron chi connectivity index (χ4n) is 3.18. The molecule has 1 heterocycles. The molecule has 0 spiro atoms. The Morgan fingerprint density at radius 1 is 1.26 bits per heavy atom. The number of carboxylic acid groups (broad SMARTS) is 1. The molecule has 0 saturated carbocycles. The van der Waals surface area contributed by atoms with Gasteiger partial charge < -0.3 is 9.84 Å². The van der Waals surface area contributed by atoms with Crippen LogP contribution in [0.25, 0.3) is 0 Å². The predicted octanol–water partition coefficient (Wildman–Crippen LogP) is 1.99. The SMILES string of the molecule is COCC(C)(C)N1CCN(C(C(=O)O)c2ccc(F)cc2)CC1. The third-order valence-corrected chi connectivity index (χ3v) is 4.45. The van der Waals surface area contributed by atoms with Gasteiger partial charge in [-0.1, -0.05) is 12.1 Å². The van der Waals surface area contributed by atoms with Gasteiger partial charge in [-0.3, -0.25) is 14.6 Å². The molecule has 0 radical (unpaired) electrons. The number of carboxylic acids is 1. The van der Waals surface area contributed by atoms with Gasteiger partial charge in [-0.15, -0.1) is 0 Å². The summed E-state index contributed by atoms with van der Waals surface area (Å²) < 4.78 is 18.3. The summed E-state index contributed by atoms with van der Waals surface area (Å²) in [7, 11) is 1.69. The number of ether oxygens (including phenoxy) is 1. The molecule has 5 nitrogen and oxygen atoms in total. The lowest BCUT2D eigenvalue weighted by Crippen LogP contribution is -2.57. The molecule has 6 heteroatoms. The van der Waals surface area contributed by atoms with E-state index in [-0.39, 0.29) is 11.4 Å². The highest BCUT2D eigenvalue weighted by Gasteiger charge is 2.34. The number of aliphatic carboxylic acids is 1. The number of carbonyl (C=O) groups is 1. The molecule has 1 N–H and O–H groups in total. The number of hydrogen-bond donors (Lipinski definition) is 1.